The van der Waals surface area contributed by atoms with Crippen LogP contribution in [0.15, 0.2) is 36.0 Å². The lowest BCUT2D eigenvalue weighted by molar-refractivity contribution is 0.181. The summed E-state index contributed by atoms with van der Waals surface area (Å²) in [5.41, 5.74) is 2.65. The van der Waals surface area contributed by atoms with Gasteiger partial charge in [0.25, 0.3) is 0 Å². The Bertz CT molecular complexity index is 417. The topological polar surface area (TPSA) is 0 Å². The average molecular weight is 256 g/mol. The molecule has 19 heavy (non-hydrogen) atoms. The molecule has 0 saturated heterocycles. The minimum atomic E-state index is 0.415. The van der Waals surface area contributed by atoms with Crippen LogP contribution in [0.25, 0.3) is 0 Å². The average Bonchev–Trinajstić information content (AvgIpc) is 2.83. The first-order chi connectivity index (χ1) is 9.12. The van der Waals surface area contributed by atoms with Gasteiger partial charge in [0.1, 0.15) is 0 Å². The number of hydrogen-bond donors (Lipinski definition) is 0. The third-order valence-corrected chi connectivity index (χ3v) is 6.14. The molecule has 1 fully saturated rings. The zero-order chi connectivity index (χ0) is 13.3. The van der Waals surface area contributed by atoms with Gasteiger partial charge in [0.2, 0.25) is 0 Å². The van der Waals surface area contributed by atoms with E-state index in [-0.39, 0.29) is 0 Å². The highest BCUT2D eigenvalue weighted by molar-refractivity contribution is 5.37. The molecule has 0 N–H and O–H groups in total. The lowest BCUT2D eigenvalue weighted by Crippen LogP contribution is -2.32. The molecule has 104 valence electrons. The minimum Gasteiger partial charge on any atom is -0.0839 e. The summed E-state index contributed by atoms with van der Waals surface area (Å²) in [4.78, 5) is 0. The Labute approximate surface area is 118 Å². The molecule has 0 nitrogen and oxygen atoms in total. The molecule has 0 bridgehead atoms. The molecule has 3 aliphatic carbocycles. The Kier molecular flexibility index (Phi) is 3.45. The van der Waals surface area contributed by atoms with Gasteiger partial charge >= 0.3 is 0 Å². The van der Waals surface area contributed by atoms with E-state index in [0.29, 0.717) is 10.8 Å². The van der Waals surface area contributed by atoms with E-state index < -0.39 is 0 Å². The number of fused-ring (bicyclic) bond motifs is 1. The van der Waals surface area contributed by atoms with Crippen LogP contribution in [0, 0.1) is 16.7 Å². The first-order valence-corrected chi connectivity index (χ1v) is 8.16. The van der Waals surface area contributed by atoms with Crippen molar-refractivity contribution in [1.82, 2.24) is 0 Å². The van der Waals surface area contributed by atoms with Gasteiger partial charge in [-0.1, -0.05) is 57.1 Å². The summed E-state index contributed by atoms with van der Waals surface area (Å²) < 4.78 is 0. The largest absolute Gasteiger partial charge is 0.0839 e. The molecule has 0 aromatic rings. The molecular weight excluding hydrogens is 228 g/mol. The van der Waals surface area contributed by atoms with Gasteiger partial charge in [-0.2, -0.15) is 0 Å². The zero-order valence-corrected chi connectivity index (χ0v) is 12.6. The van der Waals surface area contributed by atoms with Crippen LogP contribution in [0.4, 0.5) is 0 Å². The van der Waals surface area contributed by atoms with Crippen LogP contribution in [0.2, 0.25) is 0 Å². The summed E-state index contributed by atoms with van der Waals surface area (Å²) in [6.45, 7) is 5.02. The second-order valence-electron chi connectivity index (χ2n) is 7.56. The Morgan fingerprint density at radius 3 is 2.74 bits per heavy atom. The monoisotopic (exact) mass is 256 g/mol. The lowest BCUT2D eigenvalue weighted by atomic mass is 9.61. The number of hydrogen-bond acceptors (Lipinski definition) is 0. The van der Waals surface area contributed by atoms with Crippen LogP contribution < -0.4 is 0 Å². The predicted octanol–water partition coefficient (Wildman–Crippen LogP) is 5.82. The Morgan fingerprint density at radius 1 is 1.16 bits per heavy atom. The van der Waals surface area contributed by atoms with Crippen molar-refractivity contribution in [3.05, 3.63) is 36.0 Å². The van der Waals surface area contributed by atoms with E-state index in [4.69, 9.17) is 0 Å². The number of rotatable bonds is 3. The van der Waals surface area contributed by atoms with E-state index in [2.05, 4.69) is 44.2 Å². The van der Waals surface area contributed by atoms with Crippen LogP contribution in [0.3, 0.4) is 0 Å². The molecule has 0 amide bonds. The summed E-state index contributed by atoms with van der Waals surface area (Å²) in [5, 5.41) is 0. The molecular formula is C19H28. The van der Waals surface area contributed by atoms with Crippen molar-refractivity contribution in [2.45, 2.75) is 65.2 Å². The molecule has 0 heterocycles. The Hall–Kier alpha value is -0.780. The van der Waals surface area contributed by atoms with Crippen LogP contribution in [0.1, 0.15) is 65.2 Å². The third-order valence-electron chi connectivity index (χ3n) is 6.14. The summed E-state index contributed by atoms with van der Waals surface area (Å²) >= 11 is 0. The molecule has 0 heteroatoms. The molecule has 2 atom stereocenters. The molecule has 1 unspecified atom stereocenters. The van der Waals surface area contributed by atoms with Gasteiger partial charge in [-0.05, 0) is 60.8 Å². The molecule has 3 aliphatic rings. The van der Waals surface area contributed by atoms with Gasteiger partial charge in [-0.3, -0.25) is 0 Å². The highest BCUT2D eigenvalue weighted by Gasteiger charge is 2.39. The fraction of sp³-hybridized carbons (Fsp3) is 0.684. The highest BCUT2D eigenvalue weighted by Crippen LogP contribution is 2.51. The standard InChI is InChI=1S/C19H28/c1-18(12-5-6-13-18)15-11-17-10-7-9-16-8-3-4-14-19(16,17)2/h3-4,7-9,17H,5-6,10-15H2,1-2H3/t17?,19-/m0/s1. The minimum absolute atomic E-state index is 0.415. The van der Waals surface area contributed by atoms with Crippen molar-refractivity contribution in [2.75, 3.05) is 0 Å². The van der Waals surface area contributed by atoms with Crippen LogP contribution >= 0.6 is 0 Å². The van der Waals surface area contributed by atoms with E-state index in [1.807, 2.05) is 0 Å². The maximum atomic E-state index is 2.53. The molecule has 0 aliphatic heterocycles. The lowest BCUT2D eigenvalue weighted by Gasteiger charge is -2.43. The quantitative estimate of drug-likeness (QED) is 0.597. The van der Waals surface area contributed by atoms with Crippen molar-refractivity contribution in [3.63, 3.8) is 0 Å². The van der Waals surface area contributed by atoms with Gasteiger partial charge in [-0.25, -0.2) is 0 Å². The van der Waals surface area contributed by atoms with Crippen molar-refractivity contribution >= 4 is 0 Å². The second-order valence-corrected chi connectivity index (χ2v) is 7.56. The van der Waals surface area contributed by atoms with Crippen molar-refractivity contribution in [2.24, 2.45) is 16.7 Å². The Balaban J connectivity index is 1.69. The van der Waals surface area contributed by atoms with Gasteiger partial charge in [0.15, 0.2) is 0 Å². The van der Waals surface area contributed by atoms with Gasteiger partial charge in [-0.15, -0.1) is 0 Å². The highest BCUT2D eigenvalue weighted by atomic mass is 14.4. The summed E-state index contributed by atoms with van der Waals surface area (Å²) in [6.07, 6.45) is 23.0. The van der Waals surface area contributed by atoms with Crippen LogP contribution in [-0.2, 0) is 0 Å². The first kappa shape index (κ1) is 13.2. The van der Waals surface area contributed by atoms with Crippen LogP contribution in [-0.4, -0.2) is 0 Å². The van der Waals surface area contributed by atoms with E-state index >= 15 is 0 Å². The molecule has 3 rings (SSSR count). The van der Waals surface area contributed by atoms with Crippen molar-refractivity contribution < 1.29 is 0 Å². The summed E-state index contributed by atoms with van der Waals surface area (Å²) in [5.74, 6) is 0.853. The van der Waals surface area contributed by atoms with Crippen molar-refractivity contribution in [3.8, 4) is 0 Å². The second kappa shape index (κ2) is 4.96. The maximum Gasteiger partial charge on any atom is -0.000966 e. The van der Waals surface area contributed by atoms with E-state index in [1.54, 1.807) is 5.57 Å². The predicted molar refractivity (Wildman–Crippen MR) is 83.0 cm³/mol. The normalized spacial score (nSPS) is 36.1. The van der Waals surface area contributed by atoms with E-state index in [1.165, 1.54) is 51.4 Å². The fourth-order valence-electron chi connectivity index (χ4n) is 4.50. The molecule has 0 radical (unpaired) electrons. The van der Waals surface area contributed by atoms with Gasteiger partial charge in [0, 0.05) is 0 Å². The molecule has 0 aromatic carbocycles. The third kappa shape index (κ3) is 2.47. The summed E-state index contributed by atoms with van der Waals surface area (Å²) in [7, 11) is 0. The Morgan fingerprint density at radius 2 is 1.95 bits per heavy atom. The first-order valence-electron chi connectivity index (χ1n) is 8.16. The zero-order valence-electron chi connectivity index (χ0n) is 12.6. The van der Waals surface area contributed by atoms with Gasteiger partial charge in [0.05, 0.1) is 0 Å². The molecule has 0 spiro atoms. The summed E-state index contributed by atoms with van der Waals surface area (Å²) in [6, 6.07) is 0. The van der Waals surface area contributed by atoms with Crippen LogP contribution in [0.5, 0.6) is 0 Å². The van der Waals surface area contributed by atoms with Gasteiger partial charge < -0.3 is 0 Å². The van der Waals surface area contributed by atoms with E-state index in [9.17, 15) is 0 Å². The smallest absolute Gasteiger partial charge is 0.000966 e. The SMILES string of the molecule is CC1(CCC2CC=CC3=CC=CC[C@@]32C)CCCC1. The maximum absolute atomic E-state index is 2.53. The molecule has 0 aromatic heterocycles. The van der Waals surface area contributed by atoms with Crippen molar-refractivity contribution in [1.29, 1.82) is 0 Å². The van der Waals surface area contributed by atoms with E-state index in [0.717, 1.165) is 5.92 Å². The number of allylic oxidation sites excluding steroid dienone is 6. The fourth-order valence-corrected chi connectivity index (χ4v) is 4.50. The molecule has 1 saturated carbocycles.